The number of hydrogen-bond donors (Lipinski definition) is 1. The van der Waals surface area contributed by atoms with Crippen LogP contribution in [0.25, 0.3) is 0 Å². The first kappa shape index (κ1) is 18.5. The molecule has 2 aliphatic heterocycles. The predicted octanol–water partition coefficient (Wildman–Crippen LogP) is 3.34. The molecule has 2 amide bonds. The highest BCUT2D eigenvalue weighted by Crippen LogP contribution is 2.36. The van der Waals surface area contributed by atoms with Crippen LogP contribution in [0.1, 0.15) is 29.0 Å². The molecule has 2 aliphatic rings. The van der Waals surface area contributed by atoms with E-state index in [2.05, 4.69) is 11.4 Å². The van der Waals surface area contributed by atoms with Crippen LogP contribution < -0.4 is 19.5 Å². The summed E-state index contributed by atoms with van der Waals surface area (Å²) in [5.74, 6) is 2.85. The van der Waals surface area contributed by atoms with Crippen molar-refractivity contribution < 1.29 is 19.0 Å². The fourth-order valence-corrected chi connectivity index (χ4v) is 4.00. The number of fused-ring (bicyclic) bond motifs is 1. The van der Waals surface area contributed by atoms with E-state index < -0.39 is 0 Å². The van der Waals surface area contributed by atoms with E-state index in [1.54, 1.807) is 14.2 Å². The number of carbonyl (C=O) groups is 1. The van der Waals surface area contributed by atoms with Crippen molar-refractivity contribution in [1.82, 2.24) is 10.2 Å². The minimum atomic E-state index is -0.0267. The third kappa shape index (κ3) is 3.72. The van der Waals surface area contributed by atoms with E-state index in [0.29, 0.717) is 13.1 Å². The summed E-state index contributed by atoms with van der Waals surface area (Å²) in [4.78, 5) is 14.5. The van der Waals surface area contributed by atoms with Gasteiger partial charge in [0.25, 0.3) is 0 Å². The smallest absolute Gasteiger partial charge is 0.317 e. The maximum absolute atomic E-state index is 12.6. The molecule has 0 saturated carbocycles. The van der Waals surface area contributed by atoms with Crippen molar-refractivity contribution in [2.45, 2.75) is 25.3 Å². The van der Waals surface area contributed by atoms with Crippen molar-refractivity contribution >= 4 is 6.03 Å². The van der Waals surface area contributed by atoms with E-state index in [0.717, 1.165) is 54.4 Å². The lowest BCUT2D eigenvalue weighted by molar-refractivity contribution is 0.207. The molecule has 6 nitrogen and oxygen atoms in total. The zero-order chi connectivity index (χ0) is 19.5. The van der Waals surface area contributed by atoms with E-state index in [4.69, 9.17) is 14.2 Å². The second-order valence-corrected chi connectivity index (χ2v) is 7.24. The quantitative estimate of drug-likeness (QED) is 0.862. The van der Waals surface area contributed by atoms with Gasteiger partial charge in [-0.05, 0) is 41.8 Å². The molecule has 0 bridgehead atoms. The third-order valence-electron chi connectivity index (χ3n) is 5.55. The number of rotatable bonds is 5. The van der Waals surface area contributed by atoms with Crippen molar-refractivity contribution in [3.05, 3.63) is 53.1 Å². The van der Waals surface area contributed by atoms with Crippen molar-refractivity contribution in [2.24, 2.45) is 0 Å². The van der Waals surface area contributed by atoms with E-state index in [1.165, 1.54) is 5.56 Å². The molecule has 148 valence electrons. The molecule has 1 N–H and O–H groups in total. The van der Waals surface area contributed by atoms with Crippen LogP contribution in [-0.4, -0.2) is 44.8 Å². The van der Waals surface area contributed by atoms with Crippen LogP contribution >= 0.6 is 0 Å². The van der Waals surface area contributed by atoms with Crippen LogP contribution in [0.15, 0.2) is 36.4 Å². The Morgan fingerprint density at radius 3 is 2.93 bits per heavy atom. The molecule has 1 fully saturated rings. The van der Waals surface area contributed by atoms with Crippen LogP contribution in [0, 0.1) is 0 Å². The Kier molecular flexibility index (Phi) is 5.28. The van der Waals surface area contributed by atoms with Gasteiger partial charge < -0.3 is 24.4 Å². The zero-order valence-electron chi connectivity index (χ0n) is 16.4. The maximum atomic E-state index is 12.6. The van der Waals surface area contributed by atoms with Gasteiger partial charge in [0.15, 0.2) is 0 Å². The SMILES string of the molecule is COc1ccc(OC)c(C2CCN(C(=O)NCc3ccc4c(c3)CCO4)C2)c1. The van der Waals surface area contributed by atoms with Crippen LogP contribution in [-0.2, 0) is 13.0 Å². The van der Waals surface area contributed by atoms with E-state index in [9.17, 15) is 4.79 Å². The first-order valence-corrected chi connectivity index (χ1v) is 9.67. The highest BCUT2D eigenvalue weighted by atomic mass is 16.5. The first-order valence-electron chi connectivity index (χ1n) is 9.67. The number of benzene rings is 2. The standard InChI is InChI=1S/C22H26N2O4/c1-26-18-4-6-21(27-2)19(12-18)17-7-9-24(14-17)22(25)23-13-15-3-5-20-16(11-15)8-10-28-20/h3-6,11-12,17H,7-10,13-14H2,1-2H3,(H,23,25). The van der Waals surface area contributed by atoms with Gasteiger partial charge in [0.1, 0.15) is 17.2 Å². The van der Waals surface area contributed by atoms with Crippen molar-refractivity contribution in [2.75, 3.05) is 33.9 Å². The molecule has 1 unspecified atom stereocenters. The Hall–Kier alpha value is -2.89. The number of hydrogen-bond acceptors (Lipinski definition) is 4. The summed E-state index contributed by atoms with van der Waals surface area (Å²) >= 11 is 0. The molecule has 1 atom stereocenters. The lowest BCUT2D eigenvalue weighted by atomic mass is 9.97. The number of urea groups is 1. The summed E-state index contributed by atoms with van der Waals surface area (Å²) < 4.78 is 16.4. The second-order valence-electron chi connectivity index (χ2n) is 7.24. The lowest BCUT2D eigenvalue weighted by Crippen LogP contribution is -2.38. The zero-order valence-corrected chi connectivity index (χ0v) is 16.4. The van der Waals surface area contributed by atoms with Gasteiger partial charge in [-0.3, -0.25) is 0 Å². The second kappa shape index (κ2) is 8.00. The van der Waals surface area contributed by atoms with Gasteiger partial charge >= 0.3 is 6.03 Å². The number of nitrogens with zero attached hydrogens (tertiary/aromatic N) is 1. The van der Waals surface area contributed by atoms with Crippen LogP contribution in [0.4, 0.5) is 4.79 Å². The average molecular weight is 382 g/mol. The summed E-state index contributed by atoms with van der Waals surface area (Å²) in [5.41, 5.74) is 3.41. The normalized spacial score (nSPS) is 17.8. The van der Waals surface area contributed by atoms with Crippen LogP contribution in [0.5, 0.6) is 17.2 Å². The number of methoxy groups -OCH3 is 2. The molecule has 0 aromatic heterocycles. The van der Waals surface area contributed by atoms with Gasteiger partial charge in [-0.25, -0.2) is 4.79 Å². The molecule has 6 heteroatoms. The minimum Gasteiger partial charge on any atom is -0.497 e. The molecule has 0 aliphatic carbocycles. The number of ether oxygens (including phenoxy) is 3. The molecule has 4 rings (SSSR count). The van der Waals surface area contributed by atoms with Crippen LogP contribution in [0.3, 0.4) is 0 Å². The molecule has 2 aromatic rings. The summed E-state index contributed by atoms with van der Waals surface area (Å²) in [7, 11) is 3.33. The number of amides is 2. The van der Waals surface area contributed by atoms with Crippen LogP contribution in [0.2, 0.25) is 0 Å². The van der Waals surface area contributed by atoms with E-state index >= 15 is 0 Å². The predicted molar refractivity (Wildman–Crippen MR) is 106 cm³/mol. The molecule has 1 saturated heterocycles. The lowest BCUT2D eigenvalue weighted by Gasteiger charge is -2.19. The Morgan fingerprint density at radius 1 is 1.21 bits per heavy atom. The Bertz CT molecular complexity index is 868. The summed E-state index contributed by atoms with van der Waals surface area (Å²) in [6, 6.07) is 11.9. The fraction of sp³-hybridized carbons (Fsp3) is 0.409. The number of likely N-dealkylation sites (tertiary alicyclic amines) is 1. The number of nitrogens with one attached hydrogen (secondary N) is 1. The molecule has 28 heavy (non-hydrogen) atoms. The van der Waals surface area contributed by atoms with Gasteiger partial charge in [-0.2, -0.15) is 0 Å². The van der Waals surface area contributed by atoms with Crippen molar-refractivity contribution in [1.29, 1.82) is 0 Å². The van der Waals surface area contributed by atoms with Gasteiger partial charge in [0, 0.05) is 37.5 Å². The molecule has 2 aromatic carbocycles. The largest absolute Gasteiger partial charge is 0.497 e. The third-order valence-corrected chi connectivity index (χ3v) is 5.55. The first-order chi connectivity index (χ1) is 13.7. The monoisotopic (exact) mass is 382 g/mol. The Labute approximate surface area is 165 Å². The van der Waals surface area contributed by atoms with E-state index in [-0.39, 0.29) is 11.9 Å². The maximum Gasteiger partial charge on any atom is 0.317 e. The minimum absolute atomic E-state index is 0.0267. The summed E-state index contributed by atoms with van der Waals surface area (Å²) in [6.07, 6.45) is 1.85. The highest BCUT2D eigenvalue weighted by Gasteiger charge is 2.29. The summed E-state index contributed by atoms with van der Waals surface area (Å²) in [5, 5.41) is 3.05. The van der Waals surface area contributed by atoms with E-state index in [1.807, 2.05) is 35.2 Å². The molecule has 0 spiro atoms. The Balaban J connectivity index is 1.37. The average Bonchev–Trinajstić information content (AvgIpc) is 3.40. The summed E-state index contributed by atoms with van der Waals surface area (Å²) in [6.45, 7) is 2.67. The topological polar surface area (TPSA) is 60.0 Å². The number of carbonyl (C=O) groups excluding carboxylic acids is 1. The Morgan fingerprint density at radius 2 is 2.11 bits per heavy atom. The highest BCUT2D eigenvalue weighted by molar-refractivity contribution is 5.74. The van der Waals surface area contributed by atoms with Crippen molar-refractivity contribution in [3.8, 4) is 17.2 Å². The van der Waals surface area contributed by atoms with Gasteiger partial charge in [0.2, 0.25) is 0 Å². The van der Waals surface area contributed by atoms with Crippen molar-refractivity contribution in [3.63, 3.8) is 0 Å². The molecular weight excluding hydrogens is 356 g/mol. The van der Waals surface area contributed by atoms with Gasteiger partial charge in [-0.15, -0.1) is 0 Å². The molecule has 0 radical (unpaired) electrons. The van der Waals surface area contributed by atoms with Gasteiger partial charge in [-0.1, -0.05) is 12.1 Å². The van der Waals surface area contributed by atoms with Gasteiger partial charge in [0.05, 0.1) is 20.8 Å². The molecular formula is C22H26N2O4. The molecule has 2 heterocycles. The fourth-order valence-electron chi connectivity index (χ4n) is 4.00.